The zero-order chi connectivity index (χ0) is 21.0. The Kier molecular flexibility index (Phi) is 5.73. The molecule has 0 saturated carbocycles. The third-order valence-electron chi connectivity index (χ3n) is 4.33. The van der Waals surface area contributed by atoms with Crippen LogP contribution in [0.3, 0.4) is 0 Å². The summed E-state index contributed by atoms with van der Waals surface area (Å²) in [4.78, 5) is 35.5. The summed E-state index contributed by atoms with van der Waals surface area (Å²) in [5.41, 5.74) is 1.38. The van der Waals surface area contributed by atoms with Crippen LogP contribution in [-0.2, 0) is 6.54 Å². The first kappa shape index (κ1) is 19.8. The lowest BCUT2D eigenvalue weighted by Gasteiger charge is -2.10. The largest absolute Gasteiger partial charge is 0.497 e. The van der Waals surface area contributed by atoms with Crippen molar-refractivity contribution in [3.05, 3.63) is 98.0 Å². The molecule has 0 radical (unpaired) electrons. The Morgan fingerprint density at radius 1 is 1.17 bits per heavy atom. The molecule has 0 aliphatic heterocycles. The number of aromatic nitrogens is 1. The maximum Gasteiger partial charge on any atom is 0.293 e. The molecule has 1 heterocycles. The summed E-state index contributed by atoms with van der Waals surface area (Å²) in [5.74, 6) is 0.118. The van der Waals surface area contributed by atoms with Gasteiger partial charge < -0.3 is 14.6 Å². The van der Waals surface area contributed by atoms with Gasteiger partial charge in [0.1, 0.15) is 11.4 Å². The third-order valence-corrected chi connectivity index (χ3v) is 4.33. The second-order valence-electron chi connectivity index (χ2n) is 6.47. The number of rotatable bonds is 6. The van der Waals surface area contributed by atoms with Crippen LogP contribution in [0.2, 0.25) is 0 Å². The van der Waals surface area contributed by atoms with E-state index in [1.54, 1.807) is 32.2 Å². The summed E-state index contributed by atoms with van der Waals surface area (Å²) < 4.78 is 6.58. The number of hydrogen-bond donors (Lipinski definition) is 1. The Balaban J connectivity index is 1.86. The van der Waals surface area contributed by atoms with E-state index in [2.05, 4.69) is 5.32 Å². The van der Waals surface area contributed by atoms with Crippen molar-refractivity contribution in [3.8, 4) is 5.75 Å². The first-order valence-corrected chi connectivity index (χ1v) is 8.77. The molecule has 0 unspecified atom stereocenters. The Labute approximate surface area is 166 Å². The molecular weight excluding hydrogens is 374 g/mol. The lowest BCUT2D eigenvalue weighted by atomic mass is 10.1. The molecule has 0 fully saturated rings. The summed E-state index contributed by atoms with van der Waals surface area (Å²) in [7, 11) is 1.56. The number of carbonyl (C=O) groups is 1. The Morgan fingerprint density at radius 2 is 1.97 bits per heavy atom. The number of carbonyl (C=O) groups excluding carboxylic acids is 1. The van der Waals surface area contributed by atoms with Gasteiger partial charge in [-0.15, -0.1) is 0 Å². The normalized spacial score (nSPS) is 10.4. The fourth-order valence-corrected chi connectivity index (χ4v) is 2.85. The van der Waals surface area contributed by atoms with Crippen LogP contribution in [0, 0.1) is 17.0 Å². The molecule has 0 aliphatic rings. The van der Waals surface area contributed by atoms with Crippen LogP contribution in [0.15, 0.2) is 65.6 Å². The Morgan fingerprint density at radius 3 is 2.69 bits per heavy atom. The van der Waals surface area contributed by atoms with Crippen LogP contribution < -0.4 is 15.6 Å². The van der Waals surface area contributed by atoms with E-state index < -0.39 is 10.8 Å². The molecule has 148 valence electrons. The molecule has 3 aromatic rings. The van der Waals surface area contributed by atoms with Crippen LogP contribution in [-0.4, -0.2) is 22.5 Å². The molecule has 8 heteroatoms. The van der Waals surface area contributed by atoms with Crippen LogP contribution >= 0.6 is 0 Å². The Bertz CT molecular complexity index is 1140. The second-order valence-corrected chi connectivity index (χ2v) is 6.47. The number of anilines is 1. The lowest BCUT2D eigenvalue weighted by molar-refractivity contribution is -0.384. The van der Waals surface area contributed by atoms with E-state index >= 15 is 0 Å². The SMILES string of the molecule is COc1cccc(Cn2cc(C(=O)Nc3ccc(C)cc3[N+](=O)[O-])ccc2=O)c1. The van der Waals surface area contributed by atoms with Gasteiger partial charge in [-0.2, -0.15) is 0 Å². The van der Waals surface area contributed by atoms with Crippen molar-refractivity contribution in [3.63, 3.8) is 0 Å². The number of nitro benzene ring substituents is 1. The summed E-state index contributed by atoms with van der Waals surface area (Å²) in [6.07, 6.45) is 1.43. The van der Waals surface area contributed by atoms with Crippen molar-refractivity contribution in [2.45, 2.75) is 13.5 Å². The average molecular weight is 393 g/mol. The van der Waals surface area contributed by atoms with Crippen molar-refractivity contribution in [1.29, 1.82) is 0 Å². The number of pyridine rings is 1. The number of amides is 1. The zero-order valence-electron chi connectivity index (χ0n) is 15.9. The molecule has 0 bridgehead atoms. The smallest absolute Gasteiger partial charge is 0.293 e. The number of nitro groups is 1. The van der Waals surface area contributed by atoms with E-state index in [0.29, 0.717) is 11.3 Å². The van der Waals surface area contributed by atoms with E-state index in [9.17, 15) is 19.7 Å². The molecule has 0 saturated heterocycles. The van der Waals surface area contributed by atoms with Crippen LogP contribution in [0.25, 0.3) is 0 Å². The van der Waals surface area contributed by atoms with Gasteiger partial charge in [0.15, 0.2) is 0 Å². The van der Waals surface area contributed by atoms with Crippen LogP contribution in [0.1, 0.15) is 21.5 Å². The summed E-state index contributed by atoms with van der Waals surface area (Å²) in [6, 6.07) is 14.5. The monoisotopic (exact) mass is 393 g/mol. The third kappa shape index (κ3) is 4.67. The number of aryl methyl sites for hydroxylation is 1. The van der Waals surface area contributed by atoms with Gasteiger partial charge in [-0.1, -0.05) is 18.2 Å². The molecule has 0 spiro atoms. The van der Waals surface area contributed by atoms with E-state index in [-0.39, 0.29) is 29.0 Å². The predicted octanol–water partition coefficient (Wildman–Crippen LogP) is 3.37. The second kappa shape index (κ2) is 8.39. The zero-order valence-corrected chi connectivity index (χ0v) is 15.9. The number of ether oxygens (including phenoxy) is 1. The average Bonchev–Trinajstić information content (AvgIpc) is 2.71. The first-order chi connectivity index (χ1) is 13.9. The summed E-state index contributed by atoms with van der Waals surface area (Å²) >= 11 is 0. The van der Waals surface area contributed by atoms with Gasteiger partial charge in [-0.05, 0) is 42.3 Å². The predicted molar refractivity (Wildman–Crippen MR) is 109 cm³/mol. The van der Waals surface area contributed by atoms with E-state index in [1.165, 1.54) is 35.0 Å². The first-order valence-electron chi connectivity index (χ1n) is 8.77. The van der Waals surface area contributed by atoms with Crippen LogP contribution in [0.4, 0.5) is 11.4 Å². The number of nitrogens with one attached hydrogen (secondary N) is 1. The minimum atomic E-state index is -0.549. The van der Waals surface area contributed by atoms with Gasteiger partial charge >= 0.3 is 0 Å². The fraction of sp³-hybridized carbons (Fsp3) is 0.143. The molecule has 3 rings (SSSR count). The standard InChI is InChI=1S/C21H19N3O5/c1-14-6-8-18(19(10-14)24(27)28)22-21(26)16-7-9-20(25)23(13-16)12-15-4-3-5-17(11-15)29-2/h3-11,13H,12H2,1-2H3,(H,22,26). The highest BCUT2D eigenvalue weighted by Crippen LogP contribution is 2.25. The maximum absolute atomic E-state index is 12.6. The van der Waals surface area contributed by atoms with Gasteiger partial charge in [0.05, 0.1) is 24.1 Å². The van der Waals surface area contributed by atoms with Crippen molar-refractivity contribution in [2.75, 3.05) is 12.4 Å². The quantitative estimate of drug-likeness (QED) is 0.511. The van der Waals surface area contributed by atoms with Gasteiger partial charge in [-0.25, -0.2) is 0 Å². The molecule has 1 aromatic heterocycles. The minimum absolute atomic E-state index is 0.0937. The number of methoxy groups -OCH3 is 1. The highest BCUT2D eigenvalue weighted by Gasteiger charge is 2.17. The molecule has 2 aromatic carbocycles. The van der Waals surface area contributed by atoms with Crippen molar-refractivity contribution in [1.82, 2.24) is 4.57 Å². The molecule has 1 amide bonds. The molecule has 1 N–H and O–H groups in total. The minimum Gasteiger partial charge on any atom is -0.497 e. The summed E-state index contributed by atoms with van der Waals surface area (Å²) in [6.45, 7) is 1.98. The maximum atomic E-state index is 12.6. The highest BCUT2D eigenvalue weighted by molar-refractivity contribution is 6.05. The molecule has 8 nitrogen and oxygen atoms in total. The van der Waals surface area contributed by atoms with Gasteiger partial charge in [0, 0.05) is 18.3 Å². The molecule has 29 heavy (non-hydrogen) atoms. The number of hydrogen-bond acceptors (Lipinski definition) is 5. The van der Waals surface area contributed by atoms with E-state index in [0.717, 1.165) is 5.56 Å². The lowest BCUT2D eigenvalue weighted by Crippen LogP contribution is -2.22. The van der Waals surface area contributed by atoms with E-state index in [1.807, 2.05) is 12.1 Å². The van der Waals surface area contributed by atoms with Gasteiger partial charge in [-0.3, -0.25) is 19.7 Å². The van der Waals surface area contributed by atoms with Crippen molar-refractivity contribution < 1.29 is 14.5 Å². The number of benzene rings is 2. The Hall–Kier alpha value is -3.94. The van der Waals surface area contributed by atoms with Gasteiger partial charge in [0.25, 0.3) is 17.2 Å². The van der Waals surface area contributed by atoms with Crippen molar-refractivity contribution in [2.24, 2.45) is 0 Å². The topological polar surface area (TPSA) is 103 Å². The molecular formula is C21H19N3O5. The highest BCUT2D eigenvalue weighted by atomic mass is 16.6. The summed E-state index contributed by atoms with van der Waals surface area (Å²) in [5, 5.41) is 13.8. The van der Waals surface area contributed by atoms with Crippen LogP contribution in [0.5, 0.6) is 5.75 Å². The van der Waals surface area contributed by atoms with E-state index in [4.69, 9.17) is 4.74 Å². The fourth-order valence-electron chi connectivity index (χ4n) is 2.85. The number of nitrogens with zero attached hydrogens (tertiary/aromatic N) is 2. The molecule has 0 atom stereocenters. The van der Waals surface area contributed by atoms with Gasteiger partial charge in [0.2, 0.25) is 0 Å². The molecule has 0 aliphatic carbocycles. The van der Waals surface area contributed by atoms with Crippen molar-refractivity contribution >= 4 is 17.3 Å².